The van der Waals surface area contributed by atoms with Gasteiger partial charge in [-0.3, -0.25) is 21.6 Å². The van der Waals surface area contributed by atoms with E-state index in [1.807, 2.05) is 0 Å². The van der Waals surface area contributed by atoms with E-state index in [0.29, 0.717) is 0 Å². The summed E-state index contributed by atoms with van der Waals surface area (Å²) in [6, 6.07) is 1.42. The molecule has 5 heteroatoms. The molecule has 0 aliphatic rings. The molecule has 0 aliphatic carbocycles. The van der Waals surface area contributed by atoms with E-state index in [-0.39, 0.29) is 5.56 Å². The van der Waals surface area contributed by atoms with Crippen LogP contribution < -0.4 is 17.2 Å². The molecule has 8 heavy (non-hydrogen) atoms. The second-order valence-electron chi connectivity index (χ2n) is 0.967. The van der Waals surface area contributed by atoms with Crippen molar-refractivity contribution in [2.45, 2.75) is 0 Å². The molecule has 0 atom stereocenters. The van der Waals surface area contributed by atoms with Crippen LogP contribution in [0.15, 0.2) is 17.1 Å². The number of H-pyrrole nitrogens is 2. The Morgan fingerprint density at radius 3 is 2.25 bits per heavy atom. The van der Waals surface area contributed by atoms with E-state index >= 15 is 0 Å². The van der Waals surface area contributed by atoms with Crippen LogP contribution in [0.1, 0.15) is 0 Å². The van der Waals surface area contributed by atoms with Gasteiger partial charge in [0.1, 0.15) is 0 Å². The maximum atomic E-state index is 9.98. The molecule has 0 aliphatic heterocycles. The number of nitrogens with one attached hydrogen (secondary N) is 2. The predicted molar refractivity (Wildman–Crippen MR) is 29.8 cm³/mol. The van der Waals surface area contributed by atoms with Crippen LogP contribution in [-0.2, 0) is 0 Å². The van der Waals surface area contributed by atoms with Gasteiger partial charge in [0.05, 0.1) is 0 Å². The number of aromatic nitrogens is 2. The number of hydrazine groups is 1. The third-order valence-corrected chi connectivity index (χ3v) is 0.513. The summed E-state index contributed by atoms with van der Waals surface area (Å²) in [5.74, 6) is 8.00. The summed E-state index contributed by atoms with van der Waals surface area (Å²) in [6.07, 6.45) is 1.54. The van der Waals surface area contributed by atoms with Crippen molar-refractivity contribution >= 4 is 0 Å². The third kappa shape index (κ3) is 2.17. The summed E-state index contributed by atoms with van der Waals surface area (Å²) in [5, 5.41) is 4.81. The average molecular weight is 116 g/mol. The molecule has 0 bridgehead atoms. The molecule has 5 nitrogen and oxygen atoms in total. The second kappa shape index (κ2) is 4.10. The summed E-state index contributed by atoms with van der Waals surface area (Å²) in [7, 11) is 0. The molecule has 0 unspecified atom stereocenters. The van der Waals surface area contributed by atoms with Gasteiger partial charge < -0.3 is 5.10 Å². The topological polar surface area (TPSA) is 101 Å². The van der Waals surface area contributed by atoms with Gasteiger partial charge in [0, 0.05) is 12.3 Å². The number of hydrogen-bond acceptors (Lipinski definition) is 3. The Bertz CT molecular complexity index is 149. The SMILES string of the molecule is NN.O=c1cc[nH][nH]1. The fraction of sp³-hybridized carbons (Fsp3) is 0. The van der Waals surface area contributed by atoms with E-state index in [0.717, 1.165) is 0 Å². The van der Waals surface area contributed by atoms with Crippen molar-refractivity contribution < 1.29 is 0 Å². The van der Waals surface area contributed by atoms with Crippen LogP contribution in [0, 0.1) is 0 Å². The van der Waals surface area contributed by atoms with Gasteiger partial charge in [0.2, 0.25) is 0 Å². The van der Waals surface area contributed by atoms with E-state index in [1.54, 1.807) is 6.20 Å². The molecule has 1 aromatic rings. The first-order valence-corrected chi connectivity index (χ1v) is 1.95. The molecule has 1 heterocycles. The summed E-state index contributed by atoms with van der Waals surface area (Å²) >= 11 is 0. The molecule has 0 saturated carbocycles. The molecule has 46 valence electrons. The first-order valence-electron chi connectivity index (χ1n) is 1.95. The Hall–Kier alpha value is -1.07. The van der Waals surface area contributed by atoms with Gasteiger partial charge >= 0.3 is 0 Å². The standard InChI is InChI=1S/C3H4N2O.H4N2/c6-3-1-2-4-5-3;1-2/h1-2H,(H2,4,5,6);1-2H2. The second-order valence-corrected chi connectivity index (χ2v) is 0.967. The van der Waals surface area contributed by atoms with Gasteiger partial charge in [0.15, 0.2) is 0 Å². The molecular weight excluding hydrogens is 108 g/mol. The van der Waals surface area contributed by atoms with E-state index in [4.69, 9.17) is 0 Å². The predicted octanol–water partition coefficient (Wildman–Crippen LogP) is -1.48. The van der Waals surface area contributed by atoms with Crippen molar-refractivity contribution in [2.24, 2.45) is 11.7 Å². The Morgan fingerprint density at radius 2 is 2.12 bits per heavy atom. The van der Waals surface area contributed by atoms with Crippen LogP contribution in [-0.4, -0.2) is 10.2 Å². The lowest BCUT2D eigenvalue weighted by molar-refractivity contribution is 1.06. The molecular formula is C3H8N4O. The molecule has 0 radical (unpaired) electrons. The lowest BCUT2D eigenvalue weighted by Crippen LogP contribution is -2.02. The van der Waals surface area contributed by atoms with E-state index in [1.165, 1.54) is 6.07 Å². The van der Waals surface area contributed by atoms with Crippen molar-refractivity contribution in [3.8, 4) is 0 Å². The maximum Gasteiger partial charge on any atom is 0.263 e. The maximum absolute atomic E-state index is 9.98. The first kappa shape index (κ1) is 6.93. The van der Waals surface area contributed by atoms with Gasteiger partial charge in [-0.2, -0.15) is 0 Å². The highest BCUT2D eigenvalue weighted by molar-refractivity contribution is 4.75. The van der Waals surface area contributed by atoms with Crippen molar-refractivity contribution in [3.05, 3.63) is 22.6 Å². The van der Waals surface area contributed by atoms with E-state index in [9.17, 15) is 4.79 Å². The Balaban J connectivity index is 0.000000222. The van der Waals surface area contributed by atoms with E-state index in [2.05, 4.69) is 21.9 Å². The fourth-order valence-electron chi connectivity index (χ4n) is 0.272. The molecule has 0 amide bonds. The zero-order chi connectivity index (χ0) is 6.41. The fourth-order valence-corrected chi connectivity index (χ4v) is 0.272. The van der Waals surface area contributed by atoms with Gasteiger partial charge in [-0.1, -0.05) is 0 Å². The lowest BCUT2D eigenvalue weighted by atomic mass is 10.7. The third-order valence-electron chi connectivity index (χ3n) is 0.513. The monoisotopic (exact) mass is 116 g/mol. The molecule has 0 aromatic carbocycles. The molecule has 6 N–H and O–H groups in total. The molecule has 0 spiro atoms. The Kier molecular flexibility index (Phi) is 3.55. The smallest absolute Gasteiger partial charge is 0.263 e. The molecule has 1 aromatic heterocycles. The number of rotatable bonds is 0. The van der Waals surface area contributed by atoms with Crippen molar-refractivity contribution in [3.63, 3.8) is 0 Å². The minimum absolute atomic E-state index is 0.0880. The van der Waals surface area contributed by atoms with Crippen LogP contribution >= 0.6 is 0 Å². The zero-order valence-corrected chi connectivity index (χ0v) is 4.22. The largest absolute Gasteiger partial charge is 0.305 e. The normalized spacial score (nSPS) is 7.25. The van der Waals surface area contributed by atoms with Crippen LogP contribution in [0.5, 0.6) is 0 Å². The Labute approximate surface area is 45.6 Å². The van der Waals surface area contributed by atoms with Gasteiger partial charge in [-0.05, 0) is 0 Å². The number of nitrogens with two attached hydrogens (primary N) is 2. The van der Waals surface area contributed by atoms with Crippen molar-refractivity contribution in [1.29, 1.82) is 0 Å². The highest BCUT2D eigenvalue weighted by Gasteiger charge is 1.70. The highest BCUT2D eigenvalue weighted by atomic mass is 16.1. The highest BCUT2D eigenvalue weighted by Crippen LogP contribution is 1.53. The van der Waals surface area contributed by atoms with Crippen molar-refractivity contribution in [1.82, 2.24) is 10.2 Å². The summed E-state index contributed by atoms with van der Waals surface area (Å²) in [4.78, 5) is 9.98. The Morgan fingerprint density at radius 1 is 1.50 bits per heavy atom. The van der Waals surface area contributed by atoms with Crippen LogP contribution in [0.3, 0.4) is 0 Å². The van der Waals surface area contributed by atoms with Gasteiger partial charge in [0.25, 0.3) is 5.56 Å². The summed E-state index contributed by atoms with van der Waals surface area (Å²) < 4.78 is 0. The lowest BCUT2D eigenvalue weighted by Gasteiger charge is -1.55. The van der Waals surface area contributed by atoms with Crippen LogP contribution in [0.25, 0.3) is 0 Å². The molecule has 0 saturated heterocycles. The van der Waals surface area contributed by atoms with Gasteiger partial charge in [-0.15, -0.1) is 0 Å². The number of aromatic amines is 2. The molecule has 1 rings (SSSR count). The zero-order valence-electron chi connectivity index (χ0n) is 4.22. The van der Waals surface area contributed by atoms with Crippen LogP contribution in [0.2, 0.25) is 0 Å². The summed E-state index contributed by atoms with van der Waals surface area (Å²) in [6.45, 7) is 0. The first-order chi connectivity index (χ1) is 3.89. The quantitative estimate of drug-likeness (QED) is 0.245. The van der Waals surface area contributed by atoms with Crippen LogP contribution in [0.4, 0.5) is 0 Å². The minimum Gasteiger partial charge on any atom is -0.305 e. The minimum atomic E-state index is -0.0880. The number of hydrogen-bond donors (Lipinski definition) is 4. The van der Waals surface area contributed by atoms with Crippen molar-refractivity contribution in [2.75, 3.05) is 0 Å². The van der Waals surface area contributed by atoms with Gasteiger partial charge in [-0.25, -0.2) is 0 Å². The molecule has 0 fully saturated rings. The van der Waals surface area contributed by atoms with E-state index < -0.39 is 0 Å². The summed E-state index contributed by atoms with van der Waals surface area (Å²) in [5.41, 5.74) is -0.0880. The average Bonchev–Trinajstić information content (AvgIpc) is 2.24.